The summed E-state index contributed by atoms with van der Waals surface area (Å²) >= 11 is 0. The predicted molar refractivity (Wildman–Crippen MR) is 136 cm³/mol. The zero-order chi connectivity index (χ0) is 24.6. The molecule has 0 amide bonds. The smallest absolute Gasteiger partial charge is 0.134 e. The van der Waals surface area contributed by atoms with Crippen LogP contribution in [0.15, 0.2) is 66.7 Å². The molecule has 0 saturated heterocycles. The molecule has 4 rings (SSSR count). The van der Waals surface area contributed by atoms with E-state index >= 15 is 0 Å². The summed E-state index contributed by atoms with van der Waals surface area (Å²) in [4.78, 5) is 2.10. The van der Waals surface area contributed by atoms with E-state index in [1.807, 2.05) is 77.1 Å². The molecule has 5 nitrogen and oxygen atoms in total. The Balaban J connectivity index is 1.88. The highest BCUT2D eigenvalue weighted by molar-refractivity contribution is 5.82. The van der Waals surface area contributed by atoms with Crippen molar-refractivity contribution >= 4 is 17.1 Å². The van der Waals surface area contributed by atoms with Crippen molar-refractivity contribution in [2.75, 3.05) is 4.90 Å². The summed E-state index contributed by atoms with van der Waals surface area (Å²) in [7, 11) is 0. The van der Waals surface area contributed by atoms with E-state index in [1.165, 1.54) is 0 Å². The van der Waals surface area contributed by atoms with Gasteiger partial charge in [-0.05, 0) is 105 Å². The molecule has 4 aromatic carbocycles. The second-order valence-electron chi connectivity index (χ2n) is 8.69. The van der Waals surface area contributed by atoms with Gasteiger partial charge in [-0.1, -0.05) is 12.1 Å². The summed E-state index contributed by atoms with van der Waals surface area (Å²) in [5.74, 6) is 1.88. The Morgan fingerprint density at radius 2 is 1.15 bits per heavy atom. The fraction of sp³-hybridized carbons (Fsp3) is 0.172. The molecule has 0 fully saturated rings. The van der Waals surface area contributed by atoms with E-state index in [2.05, 4.69) is 4.90 Å². The van der Waals surface area contributed by atoms with Gasteiger partial charge in [0.25, 0.3) is 0 Å². The number of hydrogen-bond donors (Lipinski definition) is 3. The number of rotatable bonds is 5. The summed E-state index contributed by atoms with van der Waals surface area (Å²) in [6, 6.07) is 20.4. The average molecular weight is 456 g/mol. The molecular weight excluding hydrogens is 426 g/mol. The van der Waals surface area contributed by atoms with E-state index in [-0.39, 0.29) is 17.2 Å². The largest absolute Gasteiger partial charge is 0.508 e. The number of phenols is 3. The maximum Gasteiger partial charge on any atom is 0.134 e. The number of nitrogens with zero attached hydrogens (tertiary/aromatic N) is 1. The molecule has 0 heterocycles. The summed E-state index contributed by atoms with van der Waals surface area (Å²) in [5.41, 5.74) is 6.69. The van der Waals surface area contributed by atoms with Crippen molar-refractivity contribution in [2.45, 2.75) is 34.6 Å². The Labute approximate surface area is 200 Å². The molecule has 0 radical (unpaired) electrons. The molecule has 5 heteroatoms. The zero-order valence-electron chi connectivity index (χ0n) is 20.0. The van der Waals surface area contributed by atoms with Crippen LogP contribution in [0.3, 0.4) is 0 Å². The van der Waals surface area contributed by atoms with E-state index in [0.717, 1.165) is 39.3 Å². The number of benzene rings is 4. The molecule has 0 aromatic heterocycles. The summed E-state index contributed by atoms with van der Waals surface area (Å²) in [6.45, 7) is 9.47. The Morgan fingerprint density at radius 1 is 0.588 bits per heavy atom. The normalized spacial score (nSPS) is 10.9. The molecule has 0 aliphatic rings. The van der Waals surface area contributed by atoms with Gasteiger partial charge in [0.2, 0.25) is 0 Å². The van der Waals surface area contributed by atoms with Crippen molar-refractivity contribution in [1.82, 2.24) is 0 Å². The second kappa shape index (κ2) is 9.02. The lowest BCUT2D eigenvalue weighted by atomic mass is 10.0. The minimum Gasteiger partial charge on any atom is -0.508 e. The monoisotopic (exact) mass is 455 g/mol. The van der Waals surface area contributed by atoms with Crippen LogP contribution in [0.4, 0.5) is 17.1 Å². The fourth-order valence-electron chi connectivity index (χ4n) is 3.99. The molecule has 0 atom stereocenters. The van der Waals surface area contributed by atoms with Crippen LogP contribution < -0.4 is 9.64 Å². The second-order valence-corrected chi connectivity index (χ2v) is 8.69. The third kappa shape index (κ3) is 4.37. The van der Waals surface area contributed by atoms with Gasteiger partial charge in [-0.25, -0.2) is 0 Å². The van der Waals surface area contributed by atoms with Crippen molar-refractivity contribution < 1.29 is 20.1 Å². The molecule has 0 saturated carbocycles. The van der Waals surface area contributed by atoms with Gasteiger partial charge in [0, 0.05) is 28.7 Å². The molecule has 34 heavy (non-hydrogen) atoms. The number of aromatic hydroxyl groups is 3. The Morgan fingerprint density at radius 3 is 1.74 bits per heavy atom. The minimum atomic E-state index is 0.181. The third-order valence-electron chi connectivity index (χ3n) is 6.07. The first-order chi connectivity index (χ1) is 16.2. The highest BCUT2D eigenvalue weighted by atomic mass is 16.5. The maximum absolute atomic E-state index is 10.2. The topological polar surface area (TPSA) is 73.2 Å². The Bertz CT molecular complexity index is 1320. The molecule has 0 bridgehead atoms. The molecule has 0 aliphatic carbocycles. The molecule has 3 N–H and O–H groups in total. The lowest BCUT2D eigenvalue weighted by molar-refractivity contribution is 0.448. The van der Waals surface area contributed by atoms with Crippen molar-refractivity contribution in [3.8, 4) is 28.7 Å². The van der Waals surface area contributed by atoms with Gasteiger partial charge < -0.3 is 25.0 Å². The van der Waals surface area contributed by atoms with E-state index in [0.29, 0.717) is 17.1 Å². The van der Waals surface area contributed by atoms with E-state index in [9.17, 15) is 15.3 Å². The Hall–Kier alpha value is -4.12. The molecular formula is C29H29NO4. The first kappa shape index (κ1) is 23.1. The first-order valence-electron chi connectivity index (χ1n) is 11.1. The van der Waals surface area contributed by atoms with Crippen molar-refractivity contribution in [1.29, 1.82) is 0 Å². The highest BCUT2D eigenvalue weighted by Crippen LogP contribution is 2.43. The molecule has 0 unspecified atom stereocenters. The van der Waals surface area contributed by atoms with Crippen molar-refractivity contribution in [2.24, 2.45) is 0 Å². The predicted octanol–water partition coefficient (Wildman–Crippen LogP) is 7.61. The maximum atomic E-state index is 10.2. The van der Waals surface area contributed by atoms with Crippen LogP contribution in [0, 0.1) is 34.6 Å². The highest BCUT2D eigenvalue weighted by Gasteiger charge is 2.20. The molecule has 0 spiro atoms. The minimum absolute atomic E-state index is 0.181. The third-order valence-corrected chi connectivity index (χ3v) is 6.07. The quantitative estimate of drug-likeness (QED) is 0.289. The summed E-state index contributed by atoms with van der Waals surface area (Å²) in [6.07, 6.45) is 0. The van der Waals surface area contributed by atoms with Gasteiger partial charge >= 0.3 is 0 Å². The van der Waals surface area contributed by atoms with Crippen LogP contribution in [-0.4, -0.2) is 15.3 Å². The van der Waals surface area contributed by atoms with Crippen LogP contribution in [0.1, 0.15) is 27.8 Å². The van der Waals surface area contributed by atoms with Crippen molar-refractivity contribution in [3.05, 3.63) is 94.5 Å². The van der Waals surface area contributed by atoms with E-state index in [1.54, 1.807) is 24.3 Å². The standard InChI is InChI=1S/C29H29NO4/c1-17-14-27(32)19(3)12-24(17)30(25-13-20(4)28(33)15-18(25)2)22-8-6-9-23(16-22)34-29-11-7-10-26(31)21(29)5/h6-16,31-33H,1-5H3. The molecule has 0 aliphatic heterocycles. The van der Waals surface area contributed by atoms with Crippen LogP contribution in [-0.2, 0) is 0 Å². The number of phenolic OH excluding ortho intramolecular Hbond substituents is 3. The van der Waals surface area contributed by atoms with Gasteiger partial charge in [-0.2, -0.15) is 0 Å². The number of anilines is 3. The van der Waals surface area contributed by atoms with Crippen LogP contribution >= 0.6 is 0 Å². The van der Waals surface area contributed by atoms with Gasteiger partial charge in [0.05, 0.1) is 0 Å². The van der Waals surface area contributed by atoms with Gasteiger partial charge in [0.1, 0.15) is 28.7 Å². The summed E-state index contributed by atoms with van der Waals surface area (Å²) < 4.78 is 6.13. The van der Waals surface area contributed by atoms with E-state index in [4.69, 9.17) is 4.74 Å². The van der Waals surface area contributed by atoms with Crippen LogP contribution in [0.5, 0.6) is 28.7 Å². The molecule has 174 valence electrons. The van der Waals surface area contributed by atoms with Gasteiger partial charge in [0.15, 0.2) is 0 Å². The summed E-state index contributed by atoms with van der Waals surface area (Å²) in [5, 5.41) is 30.5. The lowest BCUT2D eigenvalue weighted by Gasteiger charge is -2.30. The Kier molecular flexibility index (Phi) is 6.12. The SMILES string of the molecule is Cc1cc(N(c2cccc(Oc3cccc(O)c3C)c2)c2cc(C)c(O)cc2C)c(C)cc1O. The van der Waals surface area contributed by atoms with Crippen LogP contribution in [0.25, 0.3) is 0 Å². The van der Waals surface area contributed by atoms with Crippen molar-refractivity contribution in [3.63, 3.8) is 0 Å². The fourth-order valence-corrected chi connectivity index (χ4v) is 3.99. The number of hydrogen-bond acceptors (Lipinski definition) is 5. The van der Waals surface area contributed by atoms with Gasteiger partial charge in [-0.15, -0.1) is 0 Å². The van der Waals surface area contributed by atoms with Gasteiger partial charge in [-0.3, -0.25) is 0 Å². The molecule has 4 aromatic rings. The lowest BCUT2D eigenvalue weighted by Crippen LogP contribution is -2.13. The number of ether oxygens (including phenoxy) is 1. The first-order valence-corrected chi connectivity index (χ1v) is 11.1. The average Bonchev–Trinajstić information content (AvgIpc) is 2.79. The van der Waals surface area contributed by atoms with Crippen LogP contribution in [0.2, 0.25) is 0 Å². The zero-order valence-corrected chi connectivity index (χ0v) is 20.0. The number of aryl methyl sites for hydroxylation is 4. The van der Waals surface area contributed by atoms with E-state index < -0.39 is 0 Å².